The van der Waals surface area contributed by atoms with E-state index in [0.717, 1.165) is 11.3 Å². The zero-order chi connectivity index (χ0) is 28.8. The van der Waals surface area contributed by atoms with Crippen molar-refractivity contribution in [2.75, 3.05) is 38.6 Å². The Morgan fingerprint density at radius 2 is 1.82 bits per heavy atom. The van der Waals surface area contributed by atoms with E-state index in [2.05, 4.69) is 25.9 Å². The Bertz CT molecular complexity index is 1560. The minimum atomic E-state index is -0.895. The number of carbonyl (C=O) groups excluding carboxylic acids is 2. The van der Waals surface area contributed by atoms with Crippen molar-refractivity contribution in [2.45, 2.75) is 20.0 Å². The topological polar surface area (TPSA) is 169 Å². The minimum Gasteiger partial charge on any atom is -0.496 e. The van der Waals surface area contributed by atoms with Gasteiger partial charge in [-0.05, 0) is 25.1 Å². The van der Waals surface area contributed by atoms with E-state index in [-0.39, 0.29) is 39.9 Å². The second kappa shape index (κ2) is 12.4. The molecule has 14 nitrogen and oxygen atoms in total. The van der Waals surface area contributed by atoms with E-state index in [0.29, 0.717) is 22.9 Å². The van der Waals surface area contributed by atoms with Gasteiger partial charge in [0.1, 0.15) is 23.4 Å². The van der Waals surface area contributed by atoms with Gasteiger partial charge in [0.25, 0.3) is 5.91 Å². The molecule has 0 saturated carbocycles. The molecule has 2 amide bonds. The summed E-state index contributed by atoms with van der Waals surface area (Å²) >= 11 is 0.985. The van der Waals surface area contributed by atoms with Gasteiger partial charge < -0.3 is 28.7 Å². The maximum atomic E-state index is 13.2. The number of rotatable bonds is 11. The highest BCUT2D eigenvalue weighted by atomic mass is 32.1. The average molecular weight is 571 g/mol. The smallest absolute Gasteiger partial charge is 0.379 e. The first-order chi connectivity index (χ1) is 19.2. The Labute approximate surface area is 231 Å². The molecule has 3 aromatic heterocycles. The van der Waals surface area contributed by atoms with Gasteiger partial charge in [-0.3, -0.25) is 14.9 Å². The molecule has 15 heteroatoms. The van der Waals surface area contributed by atoms with Crippen LogP contribution in [-0.4, -0.2) is 65.8 Å². The number of hydrogen-bond donors (Lipinski definition) is 2. The third-order valence-electron chi connectivity index (χ3n) is 5.31. The van der Waals surface area contributed by atoms with Gasteiger partial charge in [-0.25, -0.2) is 4.79 Å². The van der Waals surface area contributed by atoms with Crippen LogP contribution in [0.25, 0.3) is 16.3 Å². The van der Waals surface area contributed by atoms with Crippen LogP contribution in [0.2, 0.25) is 0 Å². The predicted octanol–water partition coefficient (Wildman–Crippen LogP) is 2.99. The van der Waals surface area contributed by atoms with Crippen molar-refractivity contribution >= 4 is 34.1 Å². The van der Waals surface area contributed by atoms with E-state index >= 15 is 0 Å². The van der Waals surface area contributed by atoms with Crippen LogP contribution in [0, 0.1) is 0 Å². The van der Waals surface area contributed by atoms with Crippen LogP contribution in [0.5, 0.6) is 17.2 Å². The van der Waals surface area contributed by atoms with Crippen LogP contribution in [0.15, 0.2) is 45.7 Å². The van der Waals surface area contributed by atoms with Crippen molar-refractivity contribution in [3.63, 3.8) is 0 Å². The van der Waals surface area contributed by atoms with Crippen molar-refractivity contribution in [2.24, 2.45) is 0 Å². The van der Waals surface area contributed by atoms with Gasteiger partial charge in [0.2, 0.25) is 21.9 Å². The molecule has 0 aliphatic rings. The third-order valence-corrected chi connectivity index (χ3v) is 6.13. The quantitative estimate of drug-likeness (QED) is 0.272. The van der Waals surface area contributed by atoms with Gasteiger partial charge in [-0.15, -0.1) is 10.2 Å². The zero-order valence-corrected chi connectivity index (χ0v) is 23.0. The van der Waals surface area contributed by atoms with Crippen molar-refractivity contribution in [3.05, 3.63) is 52.7 Å². The zero-order valence-electron chi connectivity index (χ0n) is 22.2. The van der Waals surface area contributed by atoms with Gasteiger partial charge >= 0.3 is 5.63 Å². The lowest BCUT2D eigenvalue weighted by Crippen LogP contribution is -2.23. The van der Waals surface area contributed by atoms with Gasteiger partial charge in [0.15, 0.2) is 5.76 Å². The molecule has 0 aliphatic heterocycles. The molecule has 1 aromatic carbocycles. The van der Waals surface area contributed by atoms with Gasteiger partial charge in [-0.2, -0.15) is 9.78 Å². The SMILES string of the molecule is COC[C@@H](C)Oc1c(-c2c(OC)cccc2OC)cc(C(=O)Nc2nnc(-n3nccc3NC(C)=O)s2)oc1=O. The standard InChI is InChI=1S/C25H26N6O8S/c1-13(12-35-3)38-21-15(20-16(36-4)7-6-8-17(20)37-5)11-18(39-23(21)34)22(33)28-24-29-30-25(40-24)31-19(9-10-26-31)27-14(2)32/h6-11,13H,12H2,1-5H3,(H,27,32)(H,28,29,33)/t13-/m1/s1. The molecule has 1 atom stereocenters. The van der Waals surface area contributed by atoms with E-state index in [4.69, 9.17) is 23.4 Å². The molecule has 0 aliphatic carbocycles. The van der Waals surface area contributed by atoms with Gasteiger partial charge in [-0.1, -0.05) is 17.4 Å². The van der Waals surface area contributed by atoms with Crippen LogP contribution in [-0.2, 0) is 9.53 Å². The molecule has 210 valence electrons. The van der Waals surface area contributed by atoms with Crippen molar-refractivity contribution < 1.29 is 33.0 Å². The molecule has 4 rings (SSSR count). The summed E-state index contributed by atoms with van der Waals surface area (Å²) in [6.45, 7) is 3.28. The molecule has 40 heavy (non-hydrogen) atoms. The molecule has 0 radical (unpaired) electrons. The molecule has 0 saturated heterocycles. The fourth-order valence-electron chi connectivity index (χ4n) is 3.72. The highest BCUT2D eigenvalue weighted by molar-refractivity contribution is 7.17. The van der Waals surface area contributed by atoms with Crippen LogP contribution in [0.3, 0.4) is 0 Å². The summed E-state index contributed by atoms with van der Waals surface area (Å²) in [5.41, 5.74) is -0.294. The fourth-order valence-corrected chi connectivity index (χ4v) is 4.43. The fraction of sp³-hybridized carbons (Fsp3) is 0.280. The lowest BCUT2D eigenvalue weighted by Gasteiger charge is -2.19. The number of carbonyl (C=O) groups is 2. The number of benzene rings is 1. The molecule has 0 bridgehead atoms. The van der Waals surface area contributed by atoms with Crippen LogP contribution in [0.1, 0.15) is 24.4 Å². The lowest BCUT2D eigenvalue weighted by atomic mass is 10.0. The molecule has 3 heterocycles. The number of aromatic nitrogens is 4. The number of methoxy groups -OCH3 is 3. The van der Waals surface area contributed by atoms with Gasteiger partial charge in [0, 0.05) is 25.7 Å². The first-order valence-corrected chi connectivity index (χ1v) is 12.6. The van der Waals surface area contributed by atoms with E-state index in [1.54, 1.807) is 31.2 Å². The van der Waals surface area contributed by atoms with Crippen LogP contribution in [0.4, 0.5) is 10.9 Å². The summed E-state index contributed by atoms with van der Waals surface area (Å²) in [6, 6.07) is 8.03. The molecule has 0 fully saturated rings. The normalized spacial score (nSPS) is 11.5. The van der Waals surface area contributed by atoms with Crippen molar-refractivity contribution in [1.29, 1.82) is 0 Å². The third kappa shape index (κ3) is 6.10. The number of amides is 2. The van der Waals surface area contributed by atoms with Crippen LogP contribution < -0.4 is 30.5 Å². The minimum absolute atomic E-state index is 0.0948. The molecular formula is C25H26N6O8S. The average Bonchev–Trinajstić information content (AvgIpc) is 3.58. The second-order valence-corrected chi connectivity index (χ2v) is 9.17. The highest BCUT2D eigenvalue weighted by Crippen LogP contribution is 2.42. The Morgan fingerprint density at radius 1 is 1.10 bits per heavy atom. The lowest BCUT2D eigenvalue weighted by molar-refractivity contribution is -0.114. The second-order valence-electron chi connectivity index (χ2n) is 8.22. The van der Waals surface area contributed by atoms with Crippen molar-refractivity contribution in [3.8, 4) is 33.5 Å². The van der Waals surface area contributed by atoms with E-state index in [1.165, 1.54) is 45.2 Å². The Hall–Kier alpha value is -4.76. The number of nitrogens with one attached hydrogen (secondary N) is 2. The summed E-state index contributed by atoms with van der Waals surface area (Å²) in [5, 5.41) is 17.6. The predicted molar refractivity (Wildman–Crippen MR) is 145 cm³/mol. The van der Waals surface area contributed by atoms with E-state index in [1.807, 2.05) is 0 Å². The van der Waals surface area contributed by atoms with Gasteiger partial charge in [0.05, 0.1) is 32.6 Å². The van der Waals surface area contributed by atoms with E-state index in [9.17, 15) is 14.4 Å². The number of ether oxygens (including phenoxy) is 4. The summed E-state index contributed by atoms with van der Waals surface area (Å²) in [6.07, 6.45) is 0.959. The number of nitrogens with zero attached hydrogens (tertiary/aromatic N) is 4. The largest absolute Gasteiger partial charge is 0.496 e. The maximum Gasteiger partial charge on any atom is 0.379 e. The summed E-state index contributed by atoms with van der Waals surface area (Å²) in [7, 11) is 4.44. The summed E-state index contributed by atoms with van der Waals surface area (Å²) in [4.78, 5) is 37.8. The Morgan fingerprint density at radius 3 is 2.48 bits per heavy atom. The number of hydrogen-bond acceptors (Lipinski definition) is 12. The molecule has 0 unspecified atom stereocenters. The maximum absolute atomic E-state index is 13.2. The molecule has 0 spiro atoms. The van der Waals surface area contributed by atoms with E-state index < -0.39 is 17.6 Å². The summed E-state index contributed by atoms with van der Waals surface area (Å²) in [5.74, 6) is -0.399. The van der Waals surface area contributed by atoms with Crippen LogP contribution >= 0.6 is 11.3 Å². The first kappa shape index (κ1) is 28.3. The molecule has 4 aromatic rings. The summed E-state index contributed by atoms with van der Waals surface area (Å²) < 4.78 is 28.7. The van der Waals surface area contributed by atoms with Crippen molar-refractivity contribution in [1.82, 2.24) is 20.0 Å². The monoisotopic (exact) mass is 570 g/mol. The number of anilines is 2. The molecular weight excluding hydrogens is 544 g/mol. The highest BCUT2D eigenvalue weighted by Gasteiger charge is 2.26. The Balaban J connectivity index is 1.72. The molecule has 2 N–H and O–H groups in total. The Kier molecular flexibility index (Phi) is 8.76. The first-order valence-electron chi connectivity index (χ1n) is 11.8.